The second-order valence-electron chi connectivity index (χ2n) is 5.18. The molecule has 3 amide bonds. The maximum absolute atomic E-state index is 12.4. The summed E-state index contributed by atoms with van der Waals surface area (Å²) in [7, 11) is 1.49. The summed E-state index contributed by atoms with van der Waals surface area (Å²) >= 11 is 12.1. The molecule has 6 nitrogen and oxygen atoms in total. The normalized spacial score (nSPS) is 11.5. The molecule has 0 aliphatic carbocycles. The molecular formula is C17H17Cl2N3O3. The van der Waals surface area contributed by atoms with E-state index in [9.17, 15) is 9.59 Å². The van der Waals surface area contributed by atoms with Crippen molar-refractivity contribution in [2.24, 2.45) is 5.73 Å². The number of hydrogen-bond donors (Lipinski definition) is 3. The van der Waals surface area contributed by atoms with Gasteiger partial charge in [-0.15, -0.1) is 0 Å². The molecule has 0 fully saturated rings. The van der Waals surface area contributed by atoms with Gasteiger partial charge in [0.15, 0.2) is 0 Å². The first kappa shape index (κ1) is 18.9. The van der Waals surface area contributed by atoms with Gasteiger partial charge in [0.05, 0.1) is 25.3 Å². The molecule has 0 spiro atoms. The summed E-state index contributed by atoms with van der Waals surface area (Å²) < 4.78 is 5.19. The Balaban J connectivity index is 2.19. The number of carbonyl (C=O) groups excluding carboxylic acids is 2. The minimum absolute atomic E-state index is 0.0671. The zero-order chi connectivity index (χ0) is 18.4. The second kappa shape index (κ2) is 8.60. The van der Waals surface area contributed by atoms with Crippen LogP contribution in [0.1, 0.15) is 18.0 Å². The first-order chi connectivity index (χ1) is 11.9. The van der Waals surface area contributed by atoms with Crippen LogP contribution in [0.15, 0.2) is 42.5 Å². The van der Waals surface area contributed by atoms with Gasteiger partial charge in [-0.2, -0.15) is 0 Å². The predicted molar refractivity (Wildman–Crippen MR) is 98.2 cm³/mol. The topological polar surface area (TPSA) is 93.4 Å². The molecule has 1 atom stereocenters. The van der Waals surface area contributed by atoms with E-state index in [1.807, 2.05) is 0 Å². The maximum atomic E-state index is 12.4. The number of amides is 3. The van der Waals surface area contributed by atoms with Gasteiger partial charge in [0.1, 0.15) is 5.75 Å². The molecular weight excluding hydrogens is 365 g/mol. The standard InChI is InChI=1S/C17H17Cl2N3O3/c1-25-15-7-6-10(18)8-14(15)21-16(23)9-13(22-17(20)24)11-4-2-3-5-12(11)19/h2-8,13H,9H2,1H3,(H,21,23)(H3,20,22,24)/t13-/m1/s1. The molecule has 0 heterocycles. The number of carbonyl (C=O) groups is 2. The third kappa shape index (κ3) is 5.27. The van der Waals surface area contributed by atoms with E-state index in [1.54, 1.807) is 42.5 Å². The smallest absolute Gasteiger partial charge is 0.312 e. The molecule has 0 aliphatic heterocycles. The van der Waals surface area contributed by atoms with E-state index in [0.717, 1.165) is 0 Å². The minimum atomic E-state index is -0.752. The van der Waals surface area contributed by atoms with Crippen molar-refractivity contribution in [2.45, 2.75) is 12.5 Å². The molecule has 2 rings (SSSR count). The number of urea groups is 1. The fraction of sp³-hybridized carbons (Fsp3) is 0.176. The summed E-state index contributed by atoms with van der Waals surface area (Å²) in [6.07, 6.45) is -0.0671. The molecule has 0 radical (unpaired) electrons. The van der Waals surface area contributed by atoms with Crippen LogP contribution in [0.4, 0.5) is 10.5 Å². The van der Waals surface area contributed by atoms with Crippen LogP contribution in [0, 0.1) is 0 Å². The van der Waals surface area contributed by atoms with Crippen molar-refractivity contribution in [3.63, 3.8) is 0 Å². The molecule has 4 N–H and O–H groups in total. The Morgan fingerprint density at radius 1 is 1.20 bits per heavy atom. The van der Waals surface area contributed by atoms with Gasteiger partial charge in [0, 0.05) is 10.0 Å². The number of ether oxygens (including phenoxy) is 1. The van der Waals surface area contributed by atoms with Gasteiger partial charge in [-0.1, -0.05) is 41.4 Å². The lowest BCUT2D eigenvalue weighted by Gasteiger charge is -2.19. The summed E-state index contributed by atoms with van der Waals surface area (Å²) in [6.45, 7) is 0. The largest absolute Gasteiger partial charge is 0.495 e. The first-order valence-corrected chi connectivity index (χ1v) is 8.10. The average molecular weight is 382 g/mol. The Hall–Kier alpha value is -2.44. The van der Waals surface area contributed by atoms with E-state index in [-0.39, 0.29) is 12.3 Å². The predicted octanol–water partition coefficient (Wildman–Crippen LogP) is 3.74. The van der Waals surface area contributed by atoms with E-state index in [2.05, 4.69) is 10.6 Å². The zero-order valence-corrected chi connectivity index (χ0v) is 14.9. The van der Waals surface area contributed by atoms with Crippen LogP contribution in [-0.2, 0) is 4.79 Å². The maximum Gasteiger partial charge on any atom is 0.312 e. The minimum Gasteiger partial charge on any atom is -0.495 e. The van der Waals surface area contributed by atoms with Gasteiger partial charge in [0.2, 0.25) is 5.91 Å². The second-order valence-corrected chi connectivity index (χ2v) is 6.02. The highest BCUT2D eigenvalue weighted by Crippen LogP contribution is 2.29. The van der Waals surface area contributed by atoms with Gasteiger partial charge in [-0.05, 0) is 29.8 Å². The summed E-state index contributed by atoms with van der Waals surface area (Å²) in [5.41, 5.74) is 6.23. The number of primary amides is 1. The number of hydrogen-bond acceptors (Lipinski definition) is 3. The van der Waals surface area contributed by atoms with Crippen LogP contribution in [-0.4, -0.2) is 19.0 Å². The zero-order valence-electron chi connectivity index (χ0n) is 13.4. The van der Waals surface area contributed by atoms with Crippen molar-refractivity contribution in [3.05, 3.63) is 58.1 Å². The number of halogens is 2. The number of nitrogens with two attached hydrogens (primary N) is 1. The Bertz CT molecular complexity index is 783. The van der Waals surface area contributed by atoms with E-state index < -0.39 is 12.1 Å². The van der Waals surface area contributed by atoms with Crippen molar-refractivity contribution in [3.8, 4) is 5.75 Å². The Morgan fingerprint density at radius 3 is 2.56 bits per heavy atom. The first-order valence-electron chi connectivity index (χ1n) is 7.34. The average Bonchev–Trinajstić information content (AvgIpc) is 2.54. The Labute approximate surface area is 155 Å². The Morgan fingerprint density at radius 2 is 1.92 bits per heavy atom. The number of anilines is 1. The molecule has 2 aromatic carbocycles. The van der Waals surface area contributed by atoms with Crippen LogP contribution in [0.25, 0.3) is 0 Å². The SMILES string of the molecule is COc1ccc(Cl)cc1NC(=O)C[C@@H](NC(N)=O)c1ccccc1Cl. The monoisotopic (exact) mass is 381 g/mol. The molecule has 0 aromatic heterocycles. The number of methoxy groups -OCH3 is 1. The highest BCUT2D eigenvalue weighted by molar-refractivity contribution is 6.31. The molecule has 0 saturated heterocycles. The summed E-state index contributed by atoms with van der Waals surface area (Å²) in [5.74, 6) is 0.106. The summed E-state index contributed by atoms with van der Waals surface area (Å²) in [6, 6.07) is 10.3. The van der Waals surface area contributed by atoms with E-state index >= 15 is 0 Å². The van der Waals surface area contributed by atoms with E-state index in [4.69, 9.17) is 33.7 Å². The number of rotatable bonds is 6. The lowest BCUT2D eigenvalue weighted by molar-refractivity contribution is -0.116. The van der Waals surface area contributed by atoms with Crippen molar-refractivity contribution in [1.82, 2.24) is 5.32 Å². The molecule has 132 valence electrons. The van der Waals surface area contributed by atoms with Gasteiger partial charge in [-0.25, -0.2) is 4.79 Å². The van der Waals surface area contributed by atoms with Crippen LogP contribution in [0.2, 0.25) is 10.0 Å². The number of nitrogens with one attached hydrogen (secondary N) is 2. The van der Waals surface area contributed by atoms with Gasteiger partial charge < -0.3 is 21.1 Å². The van der Waals surface area contributed by atoms with Crippen LogP contribution >= 0.6 is 23.2 Å². The van der Waals surface area contributed by atoms with Crippen molar-refractivity contribution in [1.29, 1.82) is 0 Å². The van der Waals surface area contributed by atoms with Crippen LogP contribution < -0.4 is 21.1 Å². The van der Waals surface area contributed by atoms with Crippen molar-refractivity contribution >= 4 is 40.8 Å². The van der Waals surface area contributed by atoms with Crippen LogP contribution in [0.5, 0.6) is 5.75 Å². The quantitative estimate of drug-likeness (QED) is 0.711. The summed E-state index contributed by atoms with van der Waals surface area (Å²) in [4.78, 5) is 23.7. The molecule has 8 heteroatoms. The molecule has 2 aromatic rings. The lowest BCUT2D eigenvalue weighted by atomic mass is 10.0. The molecule has 0 bridgehead atoms. The molecule has 25 heavy (non-hydrogen) atoms. The van der Waals surface area contributed by atoms with Crippen molar-refractivity contribution < 1.29 is 14.3 Å². The van der Waals surface area contributed by atoms with Gasteiger partial charge >= 0.3 is 6.03 Å². The van der Waals surface area contributed by atoms with Crippen molar-refractivity contribution in [2.75, 3.05) is 12.4 Å². The van der Waals surface area contributed by atoms with Gasteiger partial charge in [0.25, 0.3) is 0 Å². The number of benzene rings is 2. The Kier molecular flexibility index (Phi) is 6.50. The fourth-order valence-electron chi connectivity index (χ4n) is 2.33. The summed E-state index contributed by atoms with van der Waals surface area (Å²) in [5, 5.41) is 6.12. The highest BCUT2D eigenvalue weighted by Gasteiger charge is 2.20. The fourth-order valence-corrected chi connectivity index (χ4v) is 2.77. The van der Waals surface area contributed by atoms with E-state index in [0.29, 0.717) is 27.0 Å². The van der Waals surface area contributed by atoms with E-state index in [1.165, 1.54) is 7.11 Å². The van der Waals surface area contributed by atoms with Crippen LogP contribution in [0.3, 0.4) is 0 Å². The van der Waals surface area contributed by atoms with Gasteiger partial charge in [-0.3, -0.25) is 4.79 Å². The molecule has 0 unspecified atom stereocenters. The molecule has 0 saturated carbocycles. The third-order valence-electron chi connectivity index (χ3n) is 3.42. The lowest BCUT2D eigenvalue weighted by Crippen LogP contribution is -2.35. The highest BCUT2D eigenvalue weighted by atomic mass is 35.5. The molecule has 0 aliphatic rings. The third-order valence-corrected chi connectivity index (χ3v) is 4.00.